The topological polar surface area (TPSA) is 37.8 Å². The predicted molar refractivity (Wildman–Crippen MR) is 75.2 cm³/mol. The molecule has 1 aliphatic heterocycles. The summed E-state index contributed by atoms with van der Waals surface area (Å²) >= 11 is 1.76. The first-order chi connectivity index (χ1) is 8.43. The molecule has 0 radical (unpaired) electrons. The fourth-order valence-corrected chi connectivity index (χ4v) is 3.95. The Bertz CT molecular complexity index is 532. The summed E-state index contributed by atoms with van der Waals surface area (Å²) in [5.41, 5.74) is 1.18. The van der Waals surface area contributed by atoms with Crippen LogP contribution in [-0.2, 0) is 0 Å². The van der Waals surface area contributed by atoms with E-state index in [1.165, 1.54) is 10.6 Å². The maximum atomic E-state index is 4.38. The maximum Gasteiger partial charge on any atom is 0.147 e. The van der Waals surface area contributed by atoms with Gasteiger partial charge in [0.15, 0.2) is 0 Å². The molecule has 2 heterocycles. The van der Waals surface area contributed by atoms with Crippen LogP contribution in [0.1, 0.15) is 10.9 Å². The Balaban J connectivity index is 0.000001000. The molecule has 3 nitrogen and oxygen atoms in total. The van der Waals surface area contributed by atoms with E-state index in [2.05, 4.69) is 27.6 Å². The average molecular weight is 280 g/mol. The van der Waals surface area contributed by atoms with Crippen molar-refractivity contribution in [3.8, 4) is 10.6 Å². The van der Waals surface area contributed by atoms with Crippen LogP contribution in [-0.4, -0.2) is 23.3 Å². The van der Waals surface area contributed by atoms with E-state index in [0.29, 0.717) is 5.92 Å². The van der Waals surface area contributed by atoms with Crippen LogP contribution in [0.4, 0.5) is 0 Å². The van der Waals surface area contributed by atoms with Crippen LogP contribution in [0.5, 0.6) is 0 Å². The monoisotopic (exact) mass is 279 g/mol. The van der Waals surface area contributed by atoms with Gasteiger partial charge in [0, 0.05) is 11.5 Å². The molecule has 18 heavy (non-hydrogen) atoms. The Morgan fingerprint density at radius 3 is 2.50 bits per heavy atom. The van der Waals surface area contributed by atoms with Crippen molar-refractivity contribution in [3.05, 3.63) is 35.3 Å². The number of fused-ring (bicyclic) bond motifs is 1. The first-order valence-electron chi connectivity index (χ1n) is 6.03. The molecule has 0 amide bonds. The van der Waals surface area contributed by atoms with Gasteiger partial charge in [0.2, 0.25) is 0 Å². The zero-order valence-electron chi connectivity index (χ0n) is 9.74. The molecule has 0 bridgehead atoms. The molecule has 94 valence electrons. The minimum Gasteiger partial charge on any atom is -0.316 e. The Morgan fingerprint density at radius 2 is 1.78 bits per heavy atom. The second-order valence-electron chi connectivity index (χ2n) is 4.82. The molecule has 1 saturated carbocycles. The highest BCUT2D eigenvalue weighted by molar-refractivity contribution is 7.14. The molecule has 2 aromatic rings. The summed E-state index contributed by atoms with van der Waals surface area (Å²) in [4.78, 5) is 0. The van der Waals surface area contributed by atoms with Crippen molar-refractivity contribution in [1.29, 1.82) is 0 Å². The lowest BCUT2D eigenvalue weighted by molar-refractivity contribution is 0.678. The van der Waals surface area contributed by atoms with Crippen molar-refractivity contribution in [2.45, 2.75) is 5.92 Å². The molecule has 1 aromatic carbocycles. The minimum atomic E-state index is 0. The molecule has 5 heteroatoms. The van der Waals surface area contributed by atoms with Crippen LogP contribution in [0.15, 0.2) is 30.3 Å². The number of benzene rings is 1. The summed E-state index contributed by atoms with van der Waals surface area (Å²) in [5, 5.41) is 14.4. The van der Waals surface area contributed by atoms with Gasteiger partial charge in [-0.15, -0.1) is 22.6 Å². The van der Waals surface area contributed by atoms with Crippen LogP contribution in [0.3, 0.4) is 0 Å². The van der Waals surface area contributed by atoms with Gasteiger partial charge in [0.05, 0.1) is 0 Å². The van der Waals surface area contributed by atoms with Crippen molar-refractivity contribution in [3.63, 3.8) is 0 Å². The number of hydrogen-bond donors (Lipinski definition) is 1. The molecule has 1 saturated heterocycles. The van der Waals surface area contributed by atoms with E-state index in [1.807, 2.05) is 18.2 Å². The number of piperidine rings is 1. The van der Waals surface area contributed by atoms with Gasteiger partial charge in [0.1, 0.15) is 10.0 Å². The van der Waals surface area contributed by atoms with Crippen molar-refractivity contribution >= 4 is 23.7 Å². The van der Waals surface area contributed by atoms with Crippen molar-refractivity contribution in [1.82, 2.24) is 15.5 Å². The van der Waals surface area contributed by atoms with Crippen molar-refractivity contribution in [2.75, 3.05) is 13.1 Å². The van der Waals surface area contributed by atoms with E-state index in [-0.39, 0.29) is 12.4 Å². The van der Waals surface area contributed by atoms with Gasteiger partial charge in [0.25, 0.3) is 0 Å². The number of rotatable bonds is 2. The number of nitrogens with zero attached hydrogens (tertiary/aromatic N) is 2. The summed E-state index contributed by atoms with van der Waals surface area (Å²) in [6.07, 6.45) is 0. The van der Waals surface area contributed by atoms with E-state index in [9.17, 15) is 0 Å². The molecule has 1 N–H and O–H groups in total. The highest BCUT2D eigenvalue weighted by atomic mass is 35.5. The first-order valence-corrected chi connectivity index (χ1v) is 6.84. The van der Waals surface area contributed by atoms with Crippen LogP contribution in [0.25, 0.3) is 10.6 Å². The fraction of sp³-hybridized carbons (Fsp3) is 0.385. The Morgan fingerprint density at radius 1 is 1.06 bits per heavy atom. The lowest BCUT2D eigenvalue weighted by atomic mass is 10.2. The van der Waals surface area contributed by atoms with Gasteiger partial charge in [-0.05, 0) is 24.9 Å². The van der Waals surface area contributed by atoms with Gasteiger partial charge in [-0.3, -0.25) is 0 Å². The molecule has 1 aliphatic carbocycles. The van der Waals surface area contributed by atoms with Gasteiger partial charge in [-0.25, -0.2) is 0 Å². The third-order valence-electron chi connectivity index (χ3n) is 3.84. The highest BCUT2D eigenvalue weighted by Crippen LogP contribution is 2.56. The summed E-state index contributed by atoms with van der Waals surface area (Å²) in [7, 11) is 0. The number of hydrogen-bond acceptors (Lipinski definition) is 4. The molecule has 3 atom stereocenters. The average Bonchev–Trinajstić information content (AvgIpc) is 2.81. The standard InChI is InChI=1S/C13H13N3S.ClH/c1-2-4-8(5-3-1)12-15-16-13(17-12)11-9-6-14-7-10(9)11;/h1-5,9-11,14H,6-7H2;1H/t9-,10+,11-;. The van der Waals surface area contributed by atoms with Crippen LogP contribution >= 0.6 is 23.7 Å². The fourth-order valence-electron chi connectivity index (χ4n) is 2.85. The number of aromatic nitrogens is 2. The predicted octanol–water partition coefficient (Wildman–Crippen LogP) is 2.56. The summed E-state index contributed by atoms with van der Waals surface area (Å²) in [5.74, 6) is 2.34. The number of halogens is 1. The van der Waals surface area contributed by atoms with Crippen LogP contribution < -0.4 is 5.32 Å². The molecular weight excluding hydrogens is 266 g/mol. The first kappa shape index (κ1) is 12.1. The lowest BCUT2D eigenvalue weighted by Gasteiger charge is -1.98. The molecular formula is C13H14ClN3S. The summed E-state index contributed by atoms with van der Waals surface area (Å²) in [6, 6.07) is 10.3. The lowest BCUT2D eigenvalue weighted by Crippen LogP contribution is -2.13. The van der Waals surface area contributed by atoms with Gasteiger partial charge in [-0.2, -0.15) is 0 Å². The smallest absolute Gasteiger partial charge is 0.147 e. The quantitative estimate of drug-likeness (QED) is 0.918. The summed E-state index contributed by atoms with van der Waals surface area (Å²) < 4.78 is 0. The molecule has 4 rings (SSSR count). The van der Waals surface area contributed by atoms with E-state index < -0.39 is 0 Å². The Labute approximate surface area is 116 Å². The Kier molecular flexibility index (Phi) is 3.09. The van der Waals surface area contributed by atoms with E-state index in [0.717, 1.165) is 29.9 Å². The zero-order valence-corrected chi connectivity index (χ0v) is 11.4. The molecule has 0 spiro atoms. The number of nitrogens with one attached hydrogen (secondary N) is 1. The van der Waals surface area contributed by atoms with Gasteiger partial charge < -0.3 is 5.32 Å². The third-order valence-corrected chi connectivity index (χ3v) is 4.91. The van der Waals surface area contributed by atoms with Gasteiger partial charge in [-0.1, -0.05) is 41.7 Å². The second kappa shape index (κ2) is 4.61. The SMILES string of the molecule is Cl.c1ccc(-c2nnc([C@@H]3[C@@H]4CNC[C@@H]43)s2)cc1. The zero-order chi connectivity index (χ0) is 11.2. The molecule has 0 unspecified atom stereocenters. The Hall–Kier alpha value is -0.970. The van der Waals surface area contributed by atoms with E-state index in [4.69, 9.17) is 0 Å². The minimum absolute atomic E-state index is 0. The molecule has 2 fully saturated rings. The summed E-state index contributed by atoms with van der Waals surface area (Å²) in [6.45, 7) is 2.32. The van der Waals surface area contributed by atoms with Crippen LogP contribution in [0.2, 0.25) is 0 Å². The van der Waals surface area contributed by atoms with E-state index in [1.54, 1.807) is 11.3 Å². The highest BCUT2D eigenvalue weighted by Gasteiger charge is 2.55. The largest absolute Gasteiger partial charge is 0.316 e. The normalized spacial score (nSPS) is 28.6. The van der Waals surface area contributed by atoms with Crippen molar-refractivity contribution in [2.24, 2.45) is 11.8 Å². The van der Waals surface area contributed by atoms with Crippen molar-refractivity contribution < 1.29 is 0 Å². The van der Waals surface area contributed by atoms with E-state index >= 15 is 0 Å². The maximum absolute atomic E-state index is 4.38. The molecule has 1 aromatic heterocycles. The third kappa shape index (κ3) is 1.85. The second-order valence-corrected chi connectivity index (χ2v) is 5.83. The van der Waals surface area contributed by atoms with Crippen LogP contribution in [0, 0.1) is 11.8 Å². The molecule has 2 aliphatic rings. The van der Waals surface area contributed by atoms with Gasteiger partial charge >= 0.3 is 0 Å².